The van der Waals surface area contributed by atoms with Crippen LogP contribution in [0.5, 0.6) is 0 Å². The van der Waals surface area contributed by atoms with Gasteiger partial charge >= 0.3 is 0 Å². The van der Waals surface area contributed by atoms with Crippen molar-refractivity contribution >= 4 is 22.5 Å². The van der Waals surface area contributed by atoms with Crippen molar-refractivity contribution in [1.29, 1.82) is 0 Å². The SMILES string of the molecule is Nc1nccc(-c2ccc3[nH]nc(N)c3c2)c1CCCCCO. The third-order valence-electron chi connectivity index (χ3n) is 4.08. The lowest BCUT2D eigenvalue weighted by molar-refractivity contribution is 0.283. The molecule has 0 aliphatic heterocycles. The Labute approximate surface area is 134 Å². The van der Waals surface area contributed by atoms with Gasteiger partial charge in [0, 0.05) is 23.8 Å². The minimum Gasteiger partial charge on any atom is -0.396 e. The molecular weight excluding hydrogens is 290 g/mol. The Kier molecular flexibility index (Phi) is 4.43. The molecule has 0 atom stereocenters. The summed E-state index contributed by atoms with van der Waals surface area (Å²) in [5.41, 5.74) is 16.1. The Morgan fingerprint density at radius 2 is 1.91 bits per heavy atom. The maximum absolute atomic E-state index is 8.90. The fourth-order valence-electron chi connectivity index (χ4n) is 2.83. The maximum Gasteiger partial charge on any atom is 0.153 e. The van der Waals surface area contributed by atoms with Gasteiger partial charge in [0.25, 0.3) is 0 Å². The monoisotopic (exact) mass is 311 g/mol. The standard InChI is InChI=1S/C17H21N5O/c18-16-13(4-2-1-3-9-23)12(7-8-20-16)11-5-6-15-14(10-11)17(19)22-21-15/h5-8,10,23H,1-4,9H2,(H2,18,20)(H3,19,21,22). The second-order valence-electron chi connectivity index (χ2n) is 5.63. The number of H-pyrrole nitrogens is 1. The Bertz CT molecular complexity index is 812. The first-order valence-corrected chi connectivity index (χ1v) is 7.79. The first-order valence-electron chi connectivity index (χ1n) is 7.79. The van der Waals surface area contributed by atoms with Crippen molar-refractivity contribution in [3.05, 3.63) is 36.0 Å². The zero-order valence-electron chi connectivity index (χ0n) is 12.9. The van der Waals surface area contributed by atoms with Crippen LogP contribution in [0.2, 0.25) is 0 Å². The minimum atomic E-state index is 0.228. The number of rotatable bonds is 6. The van der Waals surface area contributed by atoms with Crippen molar-refractivity contribution in [1.82, 2.24) is 15.2 Å². The molecule has 0 amide bonds. The number of nitrogens with zero attached hydrogens (tertiary/aromatic N) is 2. The van der Waals surface area contributed by atoms with Crippen LogP contribution in [0.4, 0.5) is 11.6 Å². The number of anilines is 2. The van der Waals surface area contributed by atoms with Crippen LogP contribution < -0.4 is 11.5 Å². The molecule has 0 saturated heterocycles. The largest absolute Gasteiger partial charge is 0.396 e. The fraction of sp³-hybridized carbons (Fsp3) is 0.294. The van der Waals surface area contributed by atoms with E-state index in [9.17, 15) is 0 Å². The average Bonchev–Trinajstić information content (AvgIpc) is 2.93. The molecule has 0 aliphatic rings. The number of pyridine rings is 1. The molecule has 6 N–H and O–H groups in total. The predicted molar refractivity (Wildman–Crippen MR) is 92.8 cm³/mol. The summed E-state index contributed by atoms with van der Waals surface area (Å²) in [6, 6.07) is 8.02. The number of aliphatic hydroxyl groups is 1. The number of unbranched alkanes of at least 4 members (excludes halogenated alkanes) is 2. The van der Waals surface area contributed by atoms with Crippen LogP contribution in [0.25, 0.3) is 22.0 Å². The molecule has 0 radical (unpaired) electrons. The molecule has 2 heterocycles. The quantitative estimate of drug-likeness (QED) is 0.522. The number of nitrogens with one attached hydrogen (secondary N) is 1. The predicted octanol–water partition coefficient (Wildman–Crippen LogP) is 2.49. The molecule has 1 aromatic carbocycles. The maximum atomic E-state index is 8.90. The lowest BCUT2D eigenvalue weighted by Gasteiger charge is -2.12. The van der Waals surface area contributed by atoms with Gasteiger partial charge in [0.2, 0.25) is 0 Å². The van der Waals surface area contributed by atoms with Gasteiger partial charge in [-0.15, -0.1) is 0 Å². The van der Waals surface area contributed by atoms with Gasteiger partial charge in [0.15, 0.2) is 5.82 Å². The van der Waals surface area contributed by atoms with E-state index < -0.39 is 0 Å². The Morgan fingerprint density at radius 1 is 1.04 bits per heavy atom. The molecular formula is C17H21N5O. The van der Waals surface area contributed by atoms with Crippen LogP contribution in [0, 0.1) is 0 Å². The Hall–Kier alpha value is -2.60. The fourth-order valence-corrected chi connectivity index (χ4v) is 2.83. The highest BCUT2D eigenvalue weighted by molar-refractivity contribution is 5.92. The number of aromatic nitrogens is 3. The highest BCUT2D eigenvalue weighted by atomic mass is 16.2. The van der Waals surface area contributed by atoms with E-state index in [1.807, 2.05) is 24.3 Å². The number of aliphatic hydroxyl groups excluding tert-OH is 1. The van der Waals surface area contributed by atoms with Crippen molar-refractivity contribution in [2.75, 3.05) is 18.1 Å². The van der Waals surface area contributed by atoms with Gasteiger partial charge < -0.3 is 16.6 Å². The van der Waals surface area contributed by atoms with Gasteiger partial charge in [0.1, 0.15) is 5.82 Å². The zero-order valence-corrected chi connectivity index (χ0v) is 12.9. The molecule has 0 unspecified atom stereocenters. The first-order chi connectivity index (χ1) is 11.2. The topological polar surface area (TPSA) is 114 Å². The van der Waals surface area contributed by atoms with E-state index in [4.69, 9.17) is 16.6 Å². The molecule has 6 nitrogen and oxygen atoms in total. The average molecular weight is 311 g/mol. The molecule has 2 aromatic heterocycles. The minimum absolute atomic E-state index is 0.228. The van der Waals surface area contributed by atoms with Crippen molar-refractivity contribution in [2.24, 2.45) is 0 Å². The molecule has 0 aliphatic carbocycles. The van der Waals surface area contributed by atoms with Crippen LogP contribution in [-0.2, 0) is 6.42 Å². The van der Waals surface area contributed by atoms with Crippen LogP contribution in [0.1, 0.15) is 24.8 Å². The van der Waals surface area contributed by atoms with Gasteiger partial charge in [-0.1, -0.05) is 12.5 Å². The highest BCUT2D eigenvalue weighted by Gasteiger charge is 2.11. The molecule has 3 aromatic rings. The van der Waals surface area contributed by atoms with Crippen LogP contribution in [0.3, 0.4) is 0 Å². The lowest BCUT2D eigenvalue weighted by atomic mass is 9.96. The molecule has 0 spiro atoms. The number of hydrogen-bond donors (Lipinski definition) is 4. The third kappa shape index (κ3) is 3.12. The smallest absolute Gasteiger partial charge is 0.153 e. The van der Waals surface area contributed by atoms with Crippen LogP contribution in [0.15, 0.2) is 30.5 Å². The van der Waals surface area contributed by atoms with E-state index in [0.29, 0.717) is 11.6 Å². The van der Waals surface area contributed by atoms with Crippen molar-refractivity contribution in [2.45, 2.75) is 25.7 Å². The second kappa shape index (κ2) is 6.66. The lowest BCUT2D eigenvalue weighted by Crippen LogP contribution is -2.01. The van der Waals surface area contributed by atoms with Crippen LogP contribution >= 0.6 is 0 Å². The van der Waals surface area contributed by atoms with E-state index in [2.05, 4.69) is 15.2 Å². The summed E-state index contributed by atoms with van der Waals surface area (Å²) >= 11 is 0. The number of hydrogen-bond acceptors (Lipinski definition) is 5. The summed E-state index contributed by atoms with van der Waals surface area (Å²) in [4.78, 5) is 4.22. The van der Waals surface area contributed by atoms with E-state index >= 15 is 0 Å². The molecule has 6 heteroatoms. The zero-order chi connectivity index (χ0) is 16.2. The Morgan fingerprint density at radius 3 is 2.74 bits per heavy atom. The summed E-state index contributed by atoms with van der Waals surface area (Å²) in [5.74, 6) is 1.06. The van der Waals surface area contributed by atoms with E-state index in [-0.39, 0.29) is 6.61 Å². The summed E-state index contributed by atoms with van der Waals surface area (Å²) in [6.45, 7) is 0.228. The van der Waals surface area contributed by atoms with Gasteiger partial charge in [-0.2, -0.15) is 5.10 Å². The van der Waals surface area contributed by atoms with Crippen LogP contribution in [-0.4, -0.2) is 26.9 Å². The van der Waals surface area contributed by atoms with Crippen molar-refractivity contribution in [3.8, 4) is 11.1 Å². The normalized spacial score (nSPS) is 11.2. The van der Waals surface area contributed by atoms with Gasteiger partial charge in [-0.3, -0.25) is 5.10 Å². The summed E-state index contributed by atoms with van der Waals surface area (Å²) in [5, 5.41) is 16.7. The summed E-state index contributed by atoms with van der Waals surface area (Å²) < 4.78 is 0. The molecule has 0 saturated carbocycles. The third-order valence-corrected chi connectivity index (χ3v) is 4.08. The van der Waals surface area contributed by atoms with Crippen molar-refractivity contribution in [3.63, 3.8) is 0 Å². The molecule has 23 heavy (non-hydrogen) atoms. The van der Waals surface area contributed by atoms with Gasteiger partial charge in [0.05, 0.1) is 5.52 Å². The summed E-state index contributed by atoms with van der Waals surface area (Å²) in [7, 11) is 0. The van der Waals surface area contributed by atoms with E-state index in [1.165, 1.54) is 0 Å². The van der Waals surface area contributed by atoms with Gasteiger partial charge in [-0.25, -0.2) is 4.98 Å². The number of benzene rings is 1. The number of aromatic amines is 1. The Balaban J connectivity index is 1.96. The molecule has 0 bridgehead atoms. The van der Waals surface area contributed by atoms with E-state index in [0.717, 1.165) is 53.3 Å². The second-order valence-corrected chi connectivity index (χ2v) is 5.63. The summed E-state index contributed by atoms with van der Waals surface area (Å²) in [6.07, 6.45) is 5.32. The van der Waals surface area contributed by atoms with E-state index in [1.54, 1.807) is 6.20 Å². The number of nitrogen functional groups attached to an aromatic ring is 2. The van der Waals surface area contributed by atoms with Gasteiger partial charge in [-0.05, 0) is 48.6 Å². The number of nitrogens with two attached hydrogens (primary N) is 2. The highest BCUT2D eigenvalue weighted by Crippen LogP contribution is 2.31. The van der Waals surface area contributed by atoms with Crippen molar-refractivity contribution < 1.29 is 5.11 Å². The molecule has 0 fully saturated rings. The molecule has 3 rings (SSSR count). The first kappa shape index (κ1) is 15.3. The number of fused-ring (bicyclic) bond motifs is 1. The molecule has 120 valence electrons.